The molecule has 0 aliphatic heterocycles. The van der Waals surface area contributed by atoms with E-state index in [-0.39, 0.29) is 11.9 Å². The molecule has 1 rings (SSSR count). The second-order valence-electron chi connectivity index (χ2n) is 5.51. The van der Waals surface area contributed by atoms with Gasteiger partial charge >= 0.3 is 0 Å². The fourth-order valence-electron chi connectivity index (χ4n) is 2.28. The van der Waals surface area contributed by atoms with Crippen LogP contribution in [-0.2, 0) is 4.79 Å². The third kappa shape index (κ3) is 6.20. The maximum absolute atomic E-state index is 11.9. The van der Waals surface area contributed by atoms with E-state index in [0.717, 1.165) is 32.2 Å². The lowest BCUT2D eigenvalue weighted by atomic mass is 9.94. The van der Waals surface area contributed by atoms with E-state index in [0.29, 0.717) is 12.3 Å². The minimum atomic E-state index is 0.160. The van der Waals surface area contributed by atoms with E-state index in [9.17, 15) is 4.79 Å². The van der Waals surface area contributed by atoms with Crippen LogP contribution in [0.15, 0.2) is 30.3 Å². The number of carbonyl (C=O) groups excluding carboxylic acids is 1. The molecule has 112 valence electrons. The summed E-state index contributed by atoms with van der Waals surface area (Å²) in [6.45, 7) is 4.98. The van der Waals surface area contributed by atoms with Crippen molar-refractivity contribution >= 4 is 5.91 Å². The molecule has 2 unspecified atom stereocenters. The molecule has 1 aromatic rings. The van der Waals surface area contributed by atoms with Gasteiger partial charge in [0.15, 0.2) is 0 Å². The average molecular weight is 276 g/mol. The van der Waals surface area contributed by atoms with E-state index in [1.54, 1.807) is 0 Å². The van der Waals surface area contributed by atoms with Crippen LogP contribution in [0.3, 0.4) is 0 Å². The summed E-state index contributed by atoms with van der Waals surface area (Å²) in [5.41, 5.74) is 6.71. The first-order valence-corrected chi connectivity index (χ1v) is 7.69. The van der Waals surface area contributed by atoms with E-state index < -0.39 is 0 Å². The van der Waals surface area contributed by atoms with Gasteiger partial charge in [0.1, 0.15) is 0 Å². The van der Waals surface area contributed by atoms with Crippen molar-refractivity contribution in [3.05, 3.63) is 35.9 Å². The van der Waals surface area contributed by atoms with E-state index in [1.165, 1.54) is 5.56 Å². The van der Waals surface area contributed by atoms with Crippen molar-refractivity contribution in [1.82, 2.24) is 5.32 Å². The Hall–Kier alpha value is -1.35. The van der Waals surface area contributed by atoms with Gasteiger partial charge in [-0.2, -0.15) is 0 Å². The molecule has 0 saturated heterocycles. The van der Waals surface area contributed by atoms with Gasteiger partial charge in [-0.15, -0.1) is 0 Å². The molecule has 0 aliphatic carbocycles. The Balaban J connectivity index is 2.27. The van der Waals surface area contributed by atoms with Crippen LogP contribution in [0.5, 0.6) is 0 Å². The van der Waals surface area contributed by atoms with E-state index in [1.807, 2.05) is 18.2 Å². The van der Waals surface area contributed by atoms with Gasteiger partial charge in [0, 0.05) is 18.4 Å². The first-order valence-electron chi connectivity index (χ1n) is 7.69. The highest BCUT2D eigenvalue weighted by atomic mass is 16.1. The molecule has 0 radical (unpaired) electrons. The van der Waals surface area contributed by atoms with Gasteiger partial charge in [-0.25, -0.2) is 0 Å². The number of hydrogen-bond acceptors (Lipinski definition) is 2. The highest BCUT2D eigenvalue weighted by Gasteiger charge is 2.15. The monoisotopic (exact) mass is 276 g/mol. The van der Waals surface area contributed by atoms with Crippen LogP contribution >= 0.6 is 0 Å². The molecule has 0 spiro atoms. The molecule has 0 bridgehead atoms. The predicted octanol–water partition coefficient (Wildman–Crippen LogP) is 3.20. The number of benzene rings is 1. The molecule has 3 heteroatoms. The number of unbranched alkanes of at least 4 members (excludes halogenated alkanes) is 3. The highest BCUT2D eigenvalue weighted by molar-refractivity contribution is 5.76. The molecular weight excluding hydrogens is 248 g/mol. The van der Waals surface area contributed by atoms with Crippen LogP contribution in [0.1, 0.15) is 57.4 Å². The van der Waals surface area contributed by atoms with Crippen molar-refractivity contribution in [3.8, 4) is 0 Å². The summed E-state index contributed by atoms with van der Waals surface area (Å²) in [4.78, 5) is 11.9. The Labute approximate surface area is 122 Å². The van der Waals surface area contributed by atoms with Crippen molar-refractivity contribution in [3.63, 3.8) is 0 Å². The molecule has 1 amide bonds. The maximum Gasteiger partial charge on any atom is 0.220 e. The Morgan fingerprint density at radius 1 is 1.10 bits per heavy atom. The quantitative estimate of drug-likeness (QED) is 0.680. The lowest BCUT2D eigenvalue weighted by molar-refractivity contribution is -0.121. The van der Waals surface area contributed by atoms with Crippen molar-refractivity contribution in [2.45, 2.75) is 57.9 Å². The molecule has 0 saturated carbocycles. The standard InChI is InChI=1S/C17H28N2O/c1-14(16-10-6-5-7-11-16)15(2)19-17(20)12-8-3-4-9-13-18/h5-7,10-11,14-15H,3-4,8-9,12-13,18H2,1-2H3,(H,19,20). The molecule has 1 aromatic carbocycles. The first kappa shape index (κ1) is 16.7. The van der Waals surface area contributed by atoms with Gasteiger partial charge in [0.2, 0.25) is 5.91 Å². The Morgan fingerprint density at radius 2 is 1.75 bits per heavy atom. The molecule has 0 heterocycles. The molecule has 3 N–H and O–H groups in total. The van der Waals surface area contributed by atoms with Crippen LogP contribution < -0.4 is 11.1 Å². The summed E-state index contributed by atoms with van der Waals surface area (Å²) < 4.78 is 0. The Kier molecular flexibility index (Phi) is 7.97. The first-order chi connectivity index (χ1) is 9.65. The van der Waals surface area contributed by atoms with Gasteiger partial charge in [0.05, 0.1) is 0 Å². The molecular formula is C17H28N2O. The molecule has 0 aliphatic rings. The van der Waals surface area contributed by atoms with Crippen molar-refractivity contribution in [2.24, 2.45) is 5.73 Å². The number of hydrogen-bond donors (Lipinski definition) is 2. The summed E-state index contributed by atoms with van der Waals surface area (Å²) in [7, 11) is 0. The smallest absolute Gasteiger partial charge is 0.220 e. The van der Waals surface area contributed by atoms with Crippen molar-refractivity contribution < 1.29 is 4.79 Å². The van der Waals surface area contributed by atoms with Crippen molar-refractivity contribution in [1.29, 1.82) is 0 Å². The number of nitrogens with one attached hydrogen (secondary N) is 1. The van der Waals surface area contributed by atoms with Crippen LogP contribution in [0.2, 0.25) is 0 Å². The summed E-state index contributed by atoms with van der Waals surface area (Å²) in [5, 5.41) is 3.11. The fraction of sp³-hybridized carbons (Fsp3) is 0.588. The zero-order valence-corrected chi connectivity index (χ0v) is 12.8. The van der Waals surface area contributed by atoms with Crippen LogP contribution in [0.25, 0.3) is 0 Å². The number of amides is 1. The predicted molar refractivity (Wildman–Crippen MR) is 84.6 cm³/mol. The van der Waals surface area contributed by atoms with Gasteiger partial charge in [-0.3, -0.25) is 4.79 Å². The zero-order chi connectivity index (χ0) is 14.8. The van der Waals surface area contributed by atoms with E-state index >= 15 is 0 Å². The van der Waals surface area contributed by atoms with Crippen molar-refractivity contribution in [2.75, 3.05) is 6.54 Å². The van der Waals surface area contributed by atoms with Gasteiger partial charge in [0.25, 0.3) is 0 Å². The fourth-order valence-corrected chi connectivity index (χ4v) is 2.28. The third-order valence-corrected chi connectivity index (χ3v) is 3.82. The molecule has 0 aromatic heterocycles. The Bertz CT molecular complexity index is 378. The van der Waals surface area contributed by atoms with Crippen LogP contribution in [0.4, 0.5) is 0 Å². The highest BCUT2D eigenvalue weighted by Crippen LogP contribution is 2.18. The van der Waals surface area contributed by atoms with Gasteiger partial charge in [-0.05, 0) is 31.9 Å². The topological polar surface area (TPSA) is 55.1 Å². The molecule has 0 fully saturated rings. The summed E-state index contributed by atoms with van der Waals surface area (Å²) in [5.74, 6) is 0.491. The largest absolute Gasteiger partial charge is 0.353 e. The summed E-state index contributed by atoms with van der Waals surface area (Å²) >= 11 is 0. The summed E-state index contributed by atoms with van der Waals surface area (Å²) in [6.07, 6.45) is 4.85. The molecule has 20 heavy (non-hydrogen) atoms. The zero-order valence-electron chi connectivity index (χ0n) is 12.8. The minimum Gasteiger partial charge on any atom is -0.353 e. The lowest BCUT2D eigenvalue weighted by Crippen LogP contribution is -2.36. The van der Waals surface area contributed by atoms with Crippen LogP contribution in [0, 0.1) is 0 Å². The normalized spacial score (nSPS) is 13.8. The number of rotatable bonds is 9. The Morgan fingerprint density at radius 3 is 2.40 bits per heavy atom. The molecule has 2 atom stereocenters. The summed E-state index contributed by atoms with van der Waals surface area (Å²) in [6, 6.07) is 10.5. The van der Waals surface area contributed by atoms with E-state index in [2.05, 4.69) is 31.3 Å². The molecule has 3 nitrogen and oxygen atoms in total. The third-order valence-electron chi connectivity index (χ3n) is 3.82. The average Bonchev–Trinajstić information content (AvgIpc) is 2.47. The number of carbonyl (C=O) groups is 1. The van der Waals surface area contributed by atoms with Gasteiger partial charge < -0.3 is 11.1 Å². The van der Waals surface area contributed by atoms with E-state index in [4.69, 9.17) is 5.73 Å². The maximum atomic E-state index is 11.9. The van der Waals surface area contributed by atoms with Gasteiger partial charge in [-0.1, -0.05) is 50.1 Å². The van der Waals surface area contributed by atoms with Crippen LogP contribution in [-0.4, -0.2) is 18.5 Å². The second kappa shape index (κ2) is 9.54. The SMILES string of the molecule is CC(NC(=O)CCCCCCN)C(C)c1ccccc1. The second-order valence-corrected chi connectivity index (χ2v) is 5.51. The minimum absolute atomic E-state index is 0.160. The lowest BCUT2D eigenvalue weighted by Gasteiger charge is -2.21. The number of nitrogens with two attached hydrogens (primary N) is 1.